The molecule has 3 aliphatic rings. The summed E-state index contributed by atoms with van der Waals surface area (Å²) in [6, 6.07) is 0. The average molecular weight is 380 g/mol. The zero-order valence-corrected chi connectivity index (χ0v) is 16.1. The molecule has 2 aliphatic heterocycles. The summed E-state index contributed by atoms with van der Waals surface area (Å²) in [4.78, 5) is 39.5. The number of carboxylic acids is 1. The van der Waals surface area contributed by atoms with Gasteiger partial charge in [0.1, 0.15) is 0 Å². The number of carbonyl (C=O) groups is 3. The van der Waals surface area contributed by atoms with Crippen molar-refractivity contribution < 1.29 is 19.5 Å². The average Bonchev–Trinajstić information content (AvgIpc) is 2.59. The number of nitrogens with zero attached hydrogens (tertiary/aromatic N) is 2. The summed E-state index contributed by atoms with van der Waals surface area (Å²) in [5, 5.41) is 9.26. The highest BCUT2D eigenvalue weighted by Crippen LogP contribution is 2.34. The molecule has 1 aliphatic carbocycles. The number of nitrogens with two attached hydrogens (primary N) is 1. The SMILES string of the molecule is NC(=O)C1CCN(CCC2CN(C(=O)C3CCC3)CCC2CC(=O)O)CC1. The van der Waals surface area contributed by atoms with Crippen LogP contribution >= 0.6 is 0 Å². The van der Waals surface area contributed by atoms with Gasteiger partial charge < -0.3 is 20.6 Å². The van der Waals surface area contributed by atoms with Gasteiger partial charge in [-0.15, -0.1) is 0 Å². The molecule has 3 fully saturated rings. The first-order valence-electron chi connectivity index (χ1n) is 10.5. The minimum atomic E-state index is -0.744. The van der Waals surface area contributed by atoms with Gasteiger partial charge in [-0.25, -0.2) is 0 Å². The van der Waals surface area contributed by atoms with Gasteiger partial charge >= 0.3 is 5.97 Å². The highest BCUT2D eigenvalue weighted by Gasteiger charge is 2.36. The summed E-state index contributed by atoms with van der Waals surface area (Å²) >= 11 is 0. The molecule has 2 amide bonds. The second kappa shape index (κ2) is 9.04. The van der Waals surface area contributed by atoms with Crippen molar-refractivity contribution in [3.63, 3.8) is 0 Å². The van der Waals surface area contributed by atoms with Crippen LogP contribution in [0, 0.1) is 23.7 Å². The molecule has 0 aromatic rings. The van der Waals surface area contributed by atoms with Crippen LogP contribution in [0.1, 0.15) is 51.4 Å². The Morgan fingerprint density at radius 2 is 1.63 bits per heavy atom. The number of piperidine rings is 2. The van der Waals surface area contributed by atoms with E-state index in [9.17, 15) is 19.5 Å². The van der Waals surface area contributed by atoms with Gasteiger partial charge in [0.15, 0.2) is 0 Å². The molecule has 152 valence electrons. The highest BCUT2D eigenvalue weighted by molar-refractivity contribution is 5.79. The molecular weight excluding hydrogens is 346 g/mol. The Bertz CT molecular complexity index is 555. The van der Waals surface area contributed by atoms with Crippen molar-refractivity contribution in [3.8, 4) is 0 Å². The number of primary amides is 1. The molecule has 0 aromatic heterocycles. The summed E-state index contributed by atoms with van der Waals surface area (Å²) < 4.78 is 0. The lowest BCUT2D eigenvalue weighted by Gasteiger charge is -2.42. The van der Waals surface area contributed by atoms with Crippen molar-refractivity contribution in [2.45, 2.75) is 51.4 Å². The van der Waals surface area contributed by atoms with Gasteiger partial charge in [0.25, 0.3) is 0 Å². The Morgan fingerprint density at radius 3 is 2.19 bits per heavy atom. The van der Waals surface area contributed by atoms with Gasteiger partial charge in [-0.05, 0) is 70.0 Å². The fourth-order valence-electron chi connectivity index (χ4n) is 4.80. The highest BCUT2D eigenvalue weighted by atomic mass is 16.4. The quantitative estimate of drug-likeness (QED) is 0.694. The van der Waals surface area contributed by atoms with Crippen LogP contribution in [-0.4, -0.2) is 65.4 Å². The smallest absolute Gasteiger partial charge is 0.303 e. The van der Waals surface area contributed by atoms with E-state index in [4.69, 9.17) is 5.73 Å². The predicted molar refractivity (Wildman–Crippen MR) is 101 cm³/mol. The van der Waals surface area contributed by atoms with Crippen molar-refractivity contribution in [2.24, 2.45) is 29.4 Å². The van der Waals surface area contributed by atoms with E-state index < -0.39 is 5.97 Å². The predicted octanol–water partition coefficient (Wildman–Crippen LogP) is 1.31. The largest absolute Gasteiger partial charge is 0.481 e. The number of likely N-dealkylation sites (tertiary alicyclic amines) is 2. The second-order valence-corrected chi connectivity index (χ2v) is 8.63. The van der Waals surface area contributed by atoms with Crippen LogP contribution in [0.2, 0.25) is 0 Å². The summed E-state index contributed by atoms with van der Waals surface area (Å²) in [5.41, 5.74) is 5.40. The van der Waals surface area contributed by atoms with E-state index >= 15 is 0 Å². The first-order chi connectivity index (χ1) is 12.9. The van der Waals surface area contributed by atoms with Gasteiger partial charge in [0, 0.05) is 31.3 Å². The Hall–Kier alpha value is -1.63. The third-order valence-electron chi connectivity index (χ3n) is 6.90. The number of hydrogen-bond donors (Lipinski definition) is 2. The van der Waals surface area contributed by atoms with E-state index in [0.29, 0.717) is 13.1 Å². The molecule has 0 spiro atoms. The summed E-state index contributed by atoms with van der Waals surface area (Å²) in [6.45, 7) is 4.04. The van der Waals surface area contributed by atoms with E-state index in [1.165, 1.54) is 0 Å². The minimum absolute atomic E-state index is 0.00807. The second-order valence-electron chi connectivity index (χ2n) is 8.63. The van der Waals surface area contributed by atoms with Crippen molar-refractivity contribution in [3.05, 3.63) is 0 Å². The van der Waals surface area contributed by atoms with Gasteiger partial charge in [-0.2, -0.15) is 0 Å². The van der Waals surface area contributed by atoms with E-state index in [-0.39, 0.29) is 41.9 Å². The molecule has 3 N–H and O–H groups in total. The maximum Gasteiger partial charge on any atom is 0.303 e. The van der Waals surface area contributed by atoms with Crippen molar-refractivity contribution in [1.82, 2.24) is 9.80 Å². The maximum absolute atomic E-state index is 12.6. The van der Waals surface area contributed by atoms with Gasteiger partial charge in [-0.1, -0.05) is 6.42 Å². The number of aliphatic carboxylic acids is 1. The third kappa shape index (κ3) is 5.21. The first-order valence-corrected chi connectivity index (χ1v) is 10.5. The lowest BCUT2D eigenvalue weighted by atomic mass is 9.79. The fourth-order valence-corrected chi connectivity index (χ4v) is 4.80. The standard InChI is InChI=1S/C20H33N3O4/c21-19(26)14-4-8-22(9-5-14)10-6-17-13-23(20(27)15-2-1-3-15)11-7-16(17)12-18(24)25/h14-17H,1-13H2,(H2,21,26)(H,24,25). The molecule has 0 bridgehead atoms. The summed E-state index contributed by atoms with van der Waals surface area (Å²) in [5.74, 6) is -0.0773. The van der Waals surface area contributed by atoms with Gasteiger partial charge in [-0.3, -0.25) is 14.4 Å². The van der Waals surface area contributed by atoms with Gasteiger partial charge in [0.2, 0.25) is 11.8 Å². The van der Waals surface area contributed by atoms with Crippen LogP contribution in [0.15, 0.2) is 0 Å². The van der Waals surface area contributed by atoms with Crippen LogP contribution in [-0.2, 0) is 14.4 Å². The first kappa shape index (κ1) is 20.1. The van der Waals surface area contributed by atoms with Crippen LogP contribution in [0.25, 0.3) is 0 Å². The summed E-state index contributed by atoms with van der Waals surface area (Å²) in [6.07, 6.45) is 6.68. The van der Waals surface area contributed by atoms with Crippen LogP contribution in [0.4, 0.5) is 0 Å². The monoisotopic (exact) mass is 379 g/mol. The molecule has 2 atom stereocenters. The zero-order chi connectivity index (χ0) is 19.4. The molecule has 27 heavy (non-hydrogen) atoms. The normalized spacial score (nSPS) is 27.9. The third-order valence-corrected chi connectivity index (χ3v) is 6.90. The van der Waals surface area contributed by atoms with Crippen LogP contribution in [0.3, 0.4) is 0 Å². The molecule has 1 saturated carbocycles. The van der Waals surface area contributed by atoms with E-state index in [2.05, 4.69) is 4.90 Å². The Kier molecular flexibility index (Phi) is 6.73. The molecule has 7 heteroatoms. The minimum Gasteiger partial charge on any atom is -0.481 e. The lowest BCUT2D eigenvalue weighted by Crippen LogP contribution is -2.48. The van der Waals surface area contributed by atoms with Crippen molar-refractivity contribution in [2.75, 3.05) is 32.7 Å². The zero-order valence-electron chi connectivity index (χ0n) is 16.1. The van der Waals surface area contributed by atoms with E-state index in [0.717, 1.165) is 64.6 Å². The molecular formula is C20H33N3O4. The van der Waals surface area contributed by atoms with Crippen LogP contribution < -0.4 is 5.73 Å². The summed E-state index contributed by atoms with van der Waals surface area (Å²) in [7, 11) is 0. The van der Waals surface area contributed by atoms with Gasteiger partial charge in [0.05, 0.1) is 0 Å². The number of rotatable bonds is 7. The number of carboxylic acid groups (broad SMARTS) is 1. The van der Waals surface area contributed by atoms with E-state index in [1.807, 2.05) is 4.90 Å². The number of carbonyl (C=O) groups excluding carboxylic acids is 2. The van der Waals surface area contributed by atoms with Crippen molar-refractivity contribution >= 4 is 17.8 Å². The molecule has 0 radical (unpaired) electrons. The van der Waals surface area contributed by atoms with E-state index in [1.54, 1.807) is 0 Å². The topological polar surface area (TPSA) is 104 Å². The molecule has 3 rings (SSSR count). The molecule has 2 saturated heterocycles. The van der Waals surface area contributed by atoms with Crippen LogP contribution in [0.5, 0.6) is 0 Å². The van der Waals surface area contributed by atoms with Crippen molar-refractivity contribution in [1.29, 1.82) is 0 Å². The Balaban J connectivity index is 1.52. The number of amides is 2. The fraction of sp³-hybridized carbons (Fsp3) is 0.850. The number of hydrogen-bond acceptors (Lipinski definition) is 4. The molecule has 2 heterocycles. The lowest BCUT2D eigenvalue weighted by molar-refractivity contribution is -0.142. The Labute approximate surface area is 161 Å². The Morgan fingerprint density at radius 1 is 0.926 bits per heavy atom. The molecule has 0 aromatic carbocycles. The maximum atomic E-state index is 12.6. The molecule has 2 unspecified atom stereocenters. The molecule has 7 nitrogen and oxygen atoms in total.